The minimum atomic E-state index is 0.354. The van der Waals surface area contributed by atoms with Crippen molar-refractivity contribution >= 4 is 5.96 Å². The lowest BCUT2D eigenvalue weighted by atomic mass is 9.96. The molecule has 1 aliphatic carbocycles. The van der Waals surface area contributed by atoms with E-state index in [0.717, 1.165) is 25.6 Å². The van der Waals surface area contributed by atoms with E-state index in [-0.39, 0.29) is 0 Å². The Balaban J connectivity index is 1.89. The summed E-state index contributed by atoms with van der Waals surface area (Å²) in [5.74, 6) is 0.989. The highest BCUT2D eigenvalue weighted by molar-refractivity contribution is 5.81. The Bertz CT molecular complexity index is 241. The van der Waals surface area contributed by atoms with Crippen LogP contribution in [0.1, 0.15) is 25.7 Å². The van der Waals surface area contributed by atoms with Crippen molar-refractivity contribution in [3.8, 4) is 0 Å². The molecule has 0 aromatic rings. The number of aliphatic imine (C=N–C) groups is 1. The number of likely N-dealkylation sites (N-methyl/N-ethyl adjacent to an activating group) is 1. The Hall–Kier alpha value is -0.770. The van der Waals surface area contributed by atoms with Crippen LogP contribution in [-0.4, -0.2) is 50.1 Å². The first-order valence-electron chi connectivity index (χ1n) is 5.93. The fourth-order valence-corrected chi connectivity index (χ4v) is 2.58. The SMILES string of the molecule is CN(C)C1(CNC2=NCCN2)CCCC1. The zero-order valence-electron chi connectivity index (χ0n) is 9.84. The Morgan fingerprint density at radius 1 is 1.40 bits per heavy atom. The Morgan fingerprint density at radius 3 is 2.67 bits per heavy atom. The average molecular weight is 210 g/mol. The Morgan fingerprint density at radius 2 is 2.13 bits per heavy atom. The van der Waals surface area contributed by atoms with E-state index < -0.39 is 0 Å². The lowest BCUT2D eigenvalue weighted by Gasteiger charge is -2.36. The van der Waals surface area contributed by atoms with Gasteiger partial charge in [0.25, 0.3) is 0 Å². The van der Waals surface area contributed by atoms with E-state index in [2.05, 4.69) is 34.6 Å². The molecule has 2 N–H and O–H groups in total. The Labute approximate surface area is 92.1 Å². The van der Waals surface area contributed by atoms with Crippen LogP contribution in [0.2, 0.25) is 0 Å². The van der Waals surface area contributed by atoms with Gasteiger partial charge in [-0.1, -0.05) is 12.8 Å². The zero-order chi connectivity index (χ0) is 10.7. The zero-order valence-corrected chi connectivity index (χ0v) is 9.84. The van der Waals surface area contributed by atoms with Crippen molar-refractivity contribution in [2.45, 2.75) is 31.2 Å². The molecule has 0 amide bonds. The molecule has 2 aliphatic rings. The molecular weight excluding hydrogens is 188 g/mol. The quantitative estimate of drug-likeness (QED) is 0.709. The predicted octanol–water partition coefficient (Wildman–Crippen LogP) is 0.410. The van der Waals surface area contributed by atoms with E-state index in [1.54, 1.807) is 0 Å². The van der Waals surface area contributed by atoms with Crippen LogP contribution in [0.15, 0.2) is 4.99 Å². The first kappa shape index (κ1) is 10.7. The number of hydrogen-bond donors (Lipinski definition) is 2. The van der Waals surface area contributed by atoms with Crippen LogP contribution >= 0.6 is 0 Å². The van der Waals surface area contributed by atoms with Crippen molar-refractivity contribution < 1.29 is 0 Å². The van der Waals surface area contributed by atoms with Gasteiger partial charge < -0.3 is 15.5 Å². The molecule has 2 rings (SSSR count). The number of guanidine groups is 1. The number of nitrogens with zero attached hydrogens (tertiary/aromatic N) is 2. The highest BCUT2D eigenvalue weighted by Gasteiger charge is 2.35. The van der Waals surface area contributed by atoms with Gasteiger partial charge in [-0.25, -0.2) is 0 Å². The molecule has 1 fully saturated rings. The summed E-state index contributed by atoms with van der Waals surface area (Å²) >= 11 is 0. The lowest BCUT2D eigenvalue weighted by molar-refractivity contribution is 0.160. The molecule has 0 saturated heterocycles. The largest absolute Gasteiger partial charge is 0.355 e. The van der Waals surface area contributed by atoms with Crippen LogP contribution < -0.4 is 10.6 Å². The summed E-state index contributed by atoms with van der Waals surface area (Å²) in [4.78, 5) is 6.74. The second kappa shape index (κ2) is 4.39. The monoisotopic (exact) mass is 210 g/mol. The first-order chi connectivity index (χ1) is 7.23. The van der Waals surface area contributed by atoms with Crippen LogP contribution in [0, 0.1) is 0 Å². The van der Waals surface area contributed by atoms with Crippen molar-refractivity contribution in [3.63, 3.8) is 0 Å². The van der Waals surface area contributed by atoms with Crippen molar-refractivity contribution in [2.75, 3.05) is 33.7 Å². The van der Waals surface area contributed by atoms with Crippen LogP contribution in [0.25, 0.3) is 0 Å². The number of nitrogens with one attached hydrogen (secondary N) is 2. The van der Waals surface area contributed by atoms with Crippen LogP contribution in [-0.2, 0) is 0 Å². The third-order valence-electron chi connectivity index (χ3n) is 3.74. The van der Waals surface area contributed by atoms with Gasteiger partial charge in [-0.05, 0) is 26.9 Å². The molecule has 0 unspecified atom stereocenters. The summed E-state index contributed by atoms with van der Waals surface area (Å²) in [6.45, 7) is 2.92. The third-order valence-corrected chi connectivity index (χ3v) is 3.74. The van der Waals surface area contributed by atoms with E-state index in [1.807, 2.05) is 0 Å². The molecule has 0 aromatic heterocycles. The topological polar surface area (TPSA) is 39.7 Å². The minimum absolute atomic E-state index is 0.354. The third kappa shape index (κ3) is 2.25. The van der Waals surface area contributed by atoms with Gasteiger partial charge in [0, 0.05) is 18.6 Å². The summed E-state index contributed by atoms with van der Waals surface area (Å²) in [7, 11) is 4.38. The summed E-state index contributed by atoms with van der Waals surface area (Å²) in [5, 5.41) is 6.70. The van der Waals surface area contributed by atoms with Gasteiger partial charge in [-0.15, -0.1) is 0 Å². The molecule has 0 atom stereocenters. The highest BCUT2D eigenvalue weighted by atomic mass is 15.2. The molecule has 86 valence electrons. The molecule has 4 heteroatoms. The predicted molar refractivity (Wildman–Crippen MR) is 63.2 cm³/mol. The van der Waals surface area contributed by atoms with E-state index in [0.29, 0.717) is 5.54 Å². The normalized spacial score (nSPS) is 24.1. The van der Waals surface area contributed by atoms with Crippen molar-refractivity contribution in [1.82, 2.24) is 15.5 Å². The molecule has 0 aromatic carbocycles. The molecule has 0 spiro atoms. The maximum atomic E-state index is 4.36. The fraction of sp³-hybridized carbons (Fsp3) is 0.909. The van der Waals surface area contributed by atoms with Crippen molar-refractivity contribution in [2.24, 2.45) is 4.99 Å². The lowest BCUT2D eigenvalue weighted by Crippen LogP contribution is -2.52. The fourth-order valence-electron chi connectivity index (χ4n) is 2.58. The van der Waals surface area contributed by atoms with Crippen LogP contribution in [0.4, 0.5) is 0 Å². The van der Waals surface area contributed by atoms with Gasteiger partial charge in [0.2, 0.25) is 0 Å². The summed E-state index contributed by atoms with van der Waals surface area (Å²) in [6.07, 6.45) is 5.33. The van der Waals surface area contributed by atoms with Gasteiger partial charge in [0.1, 0.15) is 0 Å². The first-order valence-corrected chi connectivity index (χ1v) is 5.93. The van der Waals surface area contributed by atoms with Crippen LogP contribution in [0.5, 0.6) is 0 Å². The summed E-state index contributed by atoms with van der Waals surface area (Å²) in [6, 6.07) is 0. The molecule has 1 saturated carbocycles. The summed E-state index contributed by atoms with van der Waals surface area (Å²) < 4.78 is 0. The maximum absolute atomic E-state index is 4.36. The smallest absolute Gasteiger partial charge is 0.191 e. The molecule has 1 aliphatic heterocycles. The molecule has 0 bridgehead atoms. The van der Waals surface area contributed by atoms with Gasteiger partial charge >= 0.3 is 0 Å². The van der Waals surface area contributed by atoms with E-state index in [9.17, 15) is 0 Å². The van der Waals surface area contributed by atoms with Crippen molar-refractivity contribution in [3.05, 3.63) is 0 Å². The van der Waals surface area contributed by atoms with Gasteiger partial charge in [-0.3, -0.25) is 4.99 Å². The highest BCUT2D eigenvalue weighted by Crippen LogP contribution is 2.32. The van der Waals surface area contributed by atoms with Gasteiger partial charge in [0.15, 0.2) is 5.96 Å². The molecular formula is C11H22N4. The van der Waals surface area contributed by atoms with E-state index in [4.69, 9.17) is 0 Å². The standard InChI is InChI=1S/C11H22N4/c1-15(2)11(5-3-4-6-11)9-14-10-12-7-8-13-10/h3-9H2,1-2H3,(H2,12,13,14). The second-order valence-electron chi connectivity index (χ2n) is 4.84. The maximum Gasteiger partial charge on any atom is 0.191 e. The second-order valence-corrected chi connectivity index (χ2v) is 4.84. The minimum Gasteiger partial charge on any atom is -0.355 e. The number of rotatable bonds is 3. The molecule has 15 heavy (non-hydrogen) atoms. The molecule has 4 nitrogen and oxygen atoms in total. The summed E-state index contributed by atoms with van der Waals surface area (Å²) in [5.41, 5.74) is 0.354. The van der Waals surface area contributed by atoms with Crippen LogP contribution in [0.3, 0.4) is 0 Å². The molecule has 1 heterocycles. The number of hydrogen-bond acceptors (Lipinski definition) is 4. The Kier molecular flexibility index (Phi) is 3.14. The average Bonchev–Trinajstić information content (AvgIpc) is 2.87. The van der Waals surface area contributed by atoms with E-state index in [1.165, 1.54) is 25.7 Å². The van der Waals surface area contributed by atoms with Gasteiger partial charge in [-0.2, -0.15) is 0 Å². The van der Waals surface area contributed by atoms with Crippen molar-refractivity contribution in [1.29, 1.82) is 0 Å². The van der Waals surface area contributed by atoms with Gasteiger partial charge in [0.05, 0.1) is 6.54 Å². The molecule has 0 radical (unpaired) electrons. The van der Waals surface area contributed by atoms with E-state index >= 15 is 0 Å².